The lowest BCUT2D eigenvalue weighted by molar-refractivity contribution is -0.697. The van der Waals surface area contributed by atoms with Crippen LogP contribution < -0.4 is 9.88 Å². The van der Waals surface area contributed by atoms with Crippen molar-refractivity contribution in [3.05, 3.63) is 64.0 Å². The molecule has 0 bridgehead atoms. The van der Waals surface area contributed by atoms with Gasteiger partial charge in [0.05, 0.1) is 10.8 Å². The van der Waals surface area contributed by atoms with Crippen LogP contribution in [0.5, 0.6) is 0 Å². The molecule has 0 radical (unpaired) electrons. The SMILES string of the molecule is O=C(CSc1cc(Cl)ccc1Cl)N[C@H]1C(=O)N2C(C(=O)O)=C(CSc3cc[n+](CCCC[C@H](O)C(=O)O)cc3)CS[C@H]12. The van der Waals surface area contributed by atoms with Crippen LogP contribution in [0, 0.1) is 0 Å². The van der Waals surface area contributed by atoms with Crippen molar-refractivity contribution in [2.75, 3.05) is 17.3 Å². The van der Waals surface area contributed by atoms with E-state index in [1.54, 1.807) is 18.2 Å². The Bertz CT molecular complexity index is 1390. The number of unbranched alkanes of at least 4 members (excludes halogenated alkanes) is 1. The van der Waals surface area contributed by atoms with Gasteiger partial charge in [-0.05, 0) is 36.6 Å². The number of aryl methyl sites for hydroxylation is 1. The number of thioether (sulfide) groups is 3. The Labute approximate surface area is 264 Å². The van der Waals surface area contributed by atoms with Crippen LogP contribution in [0.1, 0.15) is 19.3 Å². The minimum Gasteiger partial charge on any atom is -0.479 e. The summed E-state index contributed by atoms with van der Waals surface area (Å²) >= 11 is 16.2. The van der Waals surface area contributed by atoms with Gasteiger partial charge in [-0.15, -0.1) is 35.3 Å². The highest BCUT2D eigenvalue weighted by Gasteiger charge is 2.54. The molecule has 1 aromatic carbocycles. The lowest BCUT2D eigenvalue weighted by atomic mass is 10.0. The van der Waals surface area contributed by atoms with Gasteiger partial charge in [-0.3, -0.25) is 14.5 Å². The van der Waals surface area contributed by atoms with Gasteiger partial charge >= 0.3 is 11.9 Å². The van der Waals surface area contributed by atoms with Crippen LogP contribution in [0.25, 0.3) is 0 Å². The molecule has 42 heavy (non-hydrogen) atoms. The topological polar surface area (TPSA) is 148 Å². The molecule has 10 nitrogen and oxygen atoms in total. The Morgan fingerprint density at radius 2 is 1.86 bits per heavy atom. The first-order valence-electron chi connectivity index (χ1n) is 12.8. The Morgan fingerprint density at radius 1 is 1.12 bits per heavy atom. The Morgan fingerprint density at radius 3 is 2.55 bits per heavy atom. The van der Waals surface area contributed by atoms with Crippen molar-refractivity contribution >= 4 is 82.2 Å². The fourth-order valence-corrected chi connectivity index (χ4v) is 8.03. The zero-order valence-electron chi connectivity index (χ0n) is 22.1. The smallest absolute Gasteiger partial charge is 0.352 e. The van der Waals surface area contributed by atoms with Gasteiger partial charge in [-0.2, -0.15) is 0 Å². The van der Waals surface area contributed by atoms with Gasteiger partial charge in [0, 0.05) is 44.9 Å². The number of β-lactam (4-membered cyclic amide) rings is 1. The summed E-state index contributed by atoms with van der Waals surface area (Å²) in [5, 5.41) is 31.2. The monoisotopic (exact) mass is 672 g/mol. The molecule has 1 aromatic heterocycles. The third-order valence-electron chi connectivity index (χ3n) is 6.52. The average Bonchev–Trinajstić information content (AvgIpc) is 2.97. The van der Waals surface area contributed by atoms with E-state index in [4.69, 9.17) is 28.3 Å². The molecule has 0 unspecified atom stereocenters. The second-order valence-corrected chi connectivity index (χ2v) is 13.5. The van der Waals surface area contributed by atoms with Gasteiger partial charge in [-0.25, -0.2) is 14.2 Å². The van der Waals surface area contributed by atoms with Gasteiger partial charge in [0.15, 0.2) is 18.5 Å². The number of pyridine rings is 1. The molecule has 0 saturated carbocycles. The van der Waals surface area contributed by atoms with Gasteiger partial charge in [0.2, 0.25) is 5.91 Å². The van der Waals surface area contributed by atoms with E-state index >= 15 is 0 Å². The molecule has 1 saturated heterocycles. The molecule has 2 aromatic rings. The van der Waals surface area contributed by atoms with Crippen LogP contribution in [0.3, 0.4) is 0 Å². The highest BCUT2D eigenvalue weighted by molar-refractivity contribution is 8.01. The van der Waals surface area contributed by atoms with Crippen molar-refractivity contribution in [2.45, 2.75) is 53.1 Å². The number of hydrogen-bond acceptors (Lipinski definition) is 8. The number of fused-ring (bicyclic) bond motifs is 1. The second kappa shape index (κ2) is 14.8. The summed E-state index contributed by atoms with van der Waals surface area (Å²) in [5.74, 6) is -2.39. The van der Waals surface area contributed by atoms with Crippen LogP contribution in [0.2, 0.25) is 10.0 Å². The van der Waals surface area contributed by atoms with E-state index < -0.39 is 35.4 Å². The number of rotatable bonds is 14. The van der Waals surface area contributed by atoms with Gasteiger partial charge in [-0.1, -0.05) is 23.2 Å². The van der Waals surface area contributed by atoms with Crippen molar-refractivity contribution in [1.82, 2.24) is 10.2 Å². The van der Waals surface area contributed by atoms with Crippen LogP contribution in [0.4, 0.5) is 0 Å². The number of carbonyl (C=O) groups is 4. The fourth-order valence-electron chi connectivity index (χ4n) is 4.36. The summed E-state index contributed by atoms with van der Waals surface area (Å²) in [6, 6.07) is 7.96. The summed E-state index contributed by atoms with van der Waals surface area (Å²) in [4.78, 5) is 51.2. The van der Waals surface area contributed by atoms with E-state index in [0.29, 0.717) is 45.0 Å². The zero-order valence-corrected chi connectivity index (χ0v) is 26.0. The standard InChI is InChI=1S/C27H27Cl2N3O7S3/c28-16-4-5-18(29)20(11-16)41-14-21(34)30-22-24(35)32-23(27(38)39)15(13-42-25(22)32)12-40-17-6-9-31(10-7-17)8-2-1-3-19(33)26(36)37/h4-7,9-11,19,22,25,33H,1-3,8,12-14H2,(H2-,30,34,36,37,38,39)/p+1/t19-,22-,25+/m0/s1. The maximum atomic E-state index is 13.0. The number of carbonyl (C=O) groups excluding carboxylic acids is 2. The number of nitrogens with one attached hydrogen (secondary N) is 1. The van der Waals surface area contributed by atoms with E-state index in [2.05, 4.69) is 5.32 Å². The molecule has 4 rings (SSSR count). The molecular formula is C27H28Cl2N3O7S3+. The van der Waals surface area contributed by atoms with Crippen molar-refractivity contribution < 1.29 is 39.1 Å². The Balaban J connectivity index is 1.29. The van der Waals surface area contributed by atoms with Crippen molar-refractivity contribution in [1.29, 1.82) is 0 Å². The predicted octanol–water partition coefficient (Wildman–Crippen LogP) is 3.52. The molecule has 4 N–H and O–H groups in total. The van der Waals surface area contributed by atoms with E-state index in [-0.39, 0.29) is 23.8 Å². The quantitative estimate of drug-likeness (QED) is 0.102. The van der Waals surface area contributed by atoms with Gasteiger partial charge in [0.1, 0.15) is 23.7 Å². The maximum Gasteiger partial charge on any atom is 0.352 e. The van der Waals surface area contributed by atoms with Crippen molar-refractivity contribution in [3.63, 3.8) is 0 Å². The summed E-state index contributed by atoms with van der Waals surface area (Å²) in [5.41, 5.74) is 0.600. The minimum atomic E-state index is -1.34. The molecular weight excluding hydrogens is 645 g/mol. The zero-order chi connectivity index (χ0) is 30.4. The summed E-state index contributed by atoms with van der Waals surface area (Å²) in [6.45, 7) is 0.672. The highest BCUT2D eigenvalue weighted by Crippen LogP contribution is 2.41. The highest BCUT2D eigenvalue weighted by atomic mass is 35.5. The third-order valence-corrected chi connectivity index (χ3v) is 10.7. The molecule has 2 amide bonds. The number of aliphatic hydroxyl groups excluding tert-OH is 1. The summed E-state index contributed by atoms with van der Waals surface area (Å²) < 4.78 is 1.95. The molecule has 15 heteroatoms. The van der Waals surface area contributed by atoms with Gasteiger partial charge < -0.3 is 20.6 Å². The van der Waals surface area contributed by atoms with Gasteiger partial charge in [0.25, 0.3) is 5.91 Å². The summed E-state index contributed by atoms with van der Waals surface area (Å²) in [6.07, 6.45) is 3.94. The normalized spacial score (nSPS) is 18.7. The average molecular weight is 674 g/mol. The first-order chi connectivity index (χ1) is 20.0. The molecule has 3 heterocycles. The van der Waals surface area contributed by atoms with E-state index in [0.717, 1.165) is 11.3 Å². The number of aromatic nitrogens is 1. The first kappa shape index (κ1) is 32.5. The van der Waals surface area contributed by atoms with Crippen LogP contribution in [-0.2, 0) is 25.7 Å². The molecule has 224 valence electrons. The molecule has 0 aliphatic carbocycles. The molecule has 2 aliphatic heterocycles. The second-order valence-electron chi connectivity index (χ2n) is 9.49. The molecule has 0 spiro atoms. The number of aliphatic carboxylic acids is 2. The Hall–Kier alpha value is -2.42. The molecule has 1 fully saturated rings. The largest absolute Gasteiger partial charge is 0.479 e. The summed E-state index contributed by atoms with van der Waals surface area (Å²) in [7, 11) is 0. The van der Waals surface area contributed by atoms with E-state index in [1.807, 2.05) is 29.1 Å². The number of halogens is 2. The van der Waals surface area contributed by atoms with Crippen LogP contribution in [0.15, 0.2) is 63.8 Å². The predicted molar refractivity (Wildman–Crippen MR) is 162 cm³/mol. The van der Waals surface area contributed by atoms with E-state index in [1.165, 1.54) is 40.2 Å². The number of benzene rings is 1. The number of hydrogen-bond donors (Lipinski definition) is 4. The van der Waals surface area contributed by atoms with Crippen LogP contribution >= 0.6 is 58.5 Å². The molecule has 3 atom stereocenters. The van der Waals surface area contributed by atoms with Crippen molar-refractivity contribution in [2.24, 2.45) is 0 Å². The number of carboxylic acids is 2. The number of carboxylic acid groups (broad SMARTS) is 2. The van der Waals surface area contributed by atoms with Crippen LogP contribution in [-0.4, -0.2) is 78.8 Å². The number of nitrogens with zero attached hydrogens (tertiary/aromatic N) is 2. The van der Waals surface area contributed by atoms with E-state index in [9.17, 15) is 29.4 Å². The maximum absolute atomic E-state index is 13.0. The first-order valence-corrected chi connectivity index (χ1v) is 16.6. The van der Waals surface area contributed by atoms with Crippen molar-refractivity contribution in [3.8, 4) is 0 Å². The lowest BCUT2D eigenvalue weighted by Gasteiger charge is -2.49. The third kappa shape index (κ3) is 8.14. The minimum absolute atomic E-state index is 0.0235. The number of aliphatic hydroxyl groups is 1. The lowest BCUT2D eigenvalue weighted by Crippen LogP contribution is -2.70. The number of amides is 2. The Kier molecular flexibility index (Phi) is 11.5. The fraction of sp³-hybridized carbons (Fsp3) is 0.370. The molecule has 2 aliphatic rings.